The highest BCUT2D eigenvalue weighted by atomic mass is 79.9. The lowest BCUT2D eigenvalue weighted by Crippen LogP contribution is -2.50. The fourth-order valence-corrected chi connectivity index (χ4v) is 4.09. The zero-order valence-electron chi connectivity index (χ0n) is 12.4. The summed E-state index contributed by atoms with van der Waals surface area (Å²) in [6, 6.07) is 8.15. The number of halogens is 1. The first-order chi connectivity index (χ1) is 9.74. The van der Waals surface area contributed by atoms with Crippen molar-refractivity contribution in [2.24, 2.45) is 0 Å². The lowest BCUT2D eigenvalue weighted by Gasteiger charge is -2.36. The van der Waals surface area contributed by atoms with Gasteiger partial charge in [0.15, 0.2) is 0 Å². The van der Waals surface area contributed by atoms with Gasteiger partial charge in [-0.1, -0.05) is 28.9 Å². The number of piperidine rings is 1. The summed E-state index contributed by atoms with van der Waals surface area (Å²) in [5.74, 6) is 0. The maximum Gasteiger partial charge on any atom is 0.0198 e. The van der Waals surface area contributed by atoms with E-state index >= 15 is 0 Å². The molecule has 0 saturated carbocycles. The molecular formula is C17H25BrN2. The Bertz CT molecular complexity index is 460. The van der Waals surface area contributed by atoms with E-state index in [1.165, 1.54) is 61.8 Å². The molecule has 0 bridgehead atoms. The highest BCUT2D eigenvalue weighted by Gasteiger charge is 2.24. The van der Waals surface area contributed by atoms with Gasteiger partial charge in [0.25, 0.3) is 0 Å². The Morgan fingerprint density at radius 2 is 2.15 bits per heavy atom. The lowest BCUT2D eigenvalue weighted by molar-refractivity contribution is 0.187. The summed E-state index contributed by atoms with van der Waals surface area (Å²) in [4.78, 5) is 2.58. The molecule has 0 radical (unpaired) electrons. The van der Waals surface area contributed by atoms with Gasteiger partial charge in [-0.2, -0.15) is 0 Å². The van der Waals surface area contributed by atoms with E-state index in [0.717, 1.165) is 0 Å². The molecule has 1 saturated heterocycles. The van der Waals surface area contributed by atoms with Crippen LogP contribution < -0.4 is 5.32 Å². The average molecular weight is 337 g/mol. The molecule has 20 heavy (non-hydrogen) atoms. The molecule has 2 aliphatic rings. The van der Waals surface area contributed by atoms with Crippen LogP contribution in [0.2, 0.25) is 0 Å². The van der Waals surface area contributed by atoms with Crippen molar-refractivity contribution in [3.05, 3.63) is 33.8 Å². The van der Waals surface area contributed by atoms with Crippen LogP contribution in [0.1, 0.15) is 37.3 Å². The fraction of sp³-hybridized carbons (Fsp3) is 0.647. The fourth-order valence-electron chi connectivity index (χ4n) is 3.68. The third-order valence-corrected chi connectivity index (χ3v) is 5.31. The van der Waals surface area contributed by atoms with Crippen LogP contribution in [-0.4, -0.2) is 36.6 Å². The molecular weight excluding hydrogens is 312 g/mol. The second-order valence-corrected chi connectivity index (χ2v) is 7.17. The molecule has 0 amide bonds. The molecule has 0 spiro atoms. The Morgan fingerprint density at radius 3 is 3.00 bits per heavy atom. The van der Waals surface area contributed by atoms with E-state index in [1.54, 1.807) is 5.56 Å². The Morgan fingerprint density at radius 1 is 1.25 bits per heavy atom. The summed E-state index contributed by atoms with van der Waals surface area (Å²) in [6.45, 7) is 5.99. The van der Waals surface area contributed by atoms with Gasteiger partial charge in [-0.3, -0.25) is 0 Å². The maximum absolute atomic E-state index is 3.92. The molecule has 3 rings (SSSR count). The number of fused-ring (bicyclic) bond motifs is 1. The van der Waals surface area contributed by atoms with E-state index in [-0.39, 0.29) is 0 Å². The van der Waals surface area contributed by atoms with Crippen LogP contribution in [0.5, 0.6) is 0 Å². The summed E-state index contributed by atoms with van der Waals surface area (Å²) in [5.41, 5.74) is 3.08. The van der Waals surface area contributed by atoms with Gasteiger partial charge in [-0.15, -0.1) is 0 Å². The van der Waals surface area contributed by atoms with Gasteiger partial charge in [0, 0.05) is 23.1 Å². The van der Waals surface area contributed by atoms with E-state index in [1.807, 2.05) is 0 Å². The number of likely N-dealkylation sites (N-methyl/N-ethyl adjacent to an activating group) is 1. The van der Waals surface area contributed by atoms with Crippen LogP contribution in [0, 0.1) is 0 Å². The number of aryl methyl sites for hydroxylation is 1. The molecule has 110 valence electrons. The van der Waals surface area contributed by atoms with Crippen LogP contribution in [0.4, 0.5) is 0 Å². The van der Waals surface area contributed by atoms with Gasteiger partial charge in [-0.05, 0) is 68.5 Å². The van der Waals surface area contributed by atoms with E-state index in [2.05, 4.69) is 51.3 Å². The quantitative estimate of drug-likeness (QED) is 0.910. The van der Waals surface area contributed by atoms with Gasteiger partial charge >= 0.3 is 0 Å². The van der Waals surface area contributed by atoms with Gasteiger partial charge in [-0.25, -0.2) is 0 Å². The molecule has 1 N–H and O–H groups in total. The molecule has 3 heteroatoms. The van der Waals surface area contributed by atoms with E-state index in [9.17, 15) is 0 Å². The average Bonchev–Trinajstić information content (AvgIpc) is 2.47. The first-order valence-electron chi connectivity index (χ1n) is 8.00. The number of benzene rings is 1. The van der Waals surface area contributed by atoms with Crippen LogP contribution in [0.15, 0.2) is 22.7 Å². The minimum atomic E-state index is 0.672. The van der Waals surface area contributed by atoms with E-state index in [4.69, 9.17) is 0 Å². The predicted molar refractivity (Wildman–Crippen MR) is 88.2 cm³/mol. The monoisotopic (exact) mass is 336 g/mol. The molecule has 1 aliphatic carbocycles. The number of hydrogen-bond donors (Lipinski definition) is 1. The third kappa shape index (κ3) is 3.44. The predicted octanol–water partition coefficient (Wildman–Crippen LogP) is 3.38. The Labute approximate surface area is 131 Å². The second-order valence-electron chi connectivity index (χ2n) is 6.25. The molecule has 2 nitrogen and oxygen atoms in total. The summed E-state index contributed by atoms with van der Waals surface area (Å²) < 4.78 is 1.22. The van der Waals surface area contributed by atoms with Crippen molar-refractivity contribution in [2.75, 3.05) is 19.6 Å². The van der Waals surface area contributed by atoms with Gasteiger partial charge < -0.3 is 10.2 Å². The number of nitrogens with zero attached hydrogens (tertiary/aromatic N) is 1. The van der Waals surface area contributed by atoms with Gasteiger partial charge in [0.2, 0.25) is 0 Å². The normalized spacial score (nSPS) is 27.3. The summed E-state index contributed by atoms with van der Waals surface area (Å²) in [6.07, 6.45) is 6.40. The number of hydrogen-bond acceptors (Lipinski definition) is 2. The number of nitrogens with one attached hydrogen (secondary N) is 1. The standard InChI is InChI=1S/C17H25BrN2/c1-2-20-9-3-4-17(12-20)19-16-8-6-13-10-15(18)7-5-14(13)11-16/h5,7,10,16-17,19H,2-4,6,8-9,11-12H2,1H3. The molecule has 0 aromatic heterocycles. The van der Waals surface area contributed by atoms with Crippen LogP contribution >= 0.6 is 15.9 Å². The smallest absolute Gasteiger partial charge is 0.0198 e. The van der Waals surface area contributed by atoms with Crippen molar-refractivity contribution >= 4 is 15.9 Å². The summed E-state index contributed by atoms with van der Waals surface area (Å²) in [5, 5.41) is 3.92. The molecule has 1 aliphatic heterocycles. The van der Waals surface area contributed by atoms with E-state index < -0.39 is 0 Å². The Hall–Kier alpha value is -0.380. The SMILES string of the molecule is CCN1CCCC(NC2CCc3cc(Br)ccc3C2)C1. The summed E-state index contributed by atoms with van der Waals surface area (Å²) in [7, 11) is 0. The zero-order chi connectivity index (χ0) is 13.9. The van der Waals surface area contributed by atoms with Crippen molar-refractivity contribution in [3.8, 4) is 0 Å². The van der Waals surface area contributed by atoms with Gasteiger partial charge in [0.05, 0.1) is 0 Å². The second kappa shape index (κ2) is 6.59. The van der Waals surface area contributed by atoms with Crippen LogP contribution in [0.25, 0.3) is 0 Å². The Balaban J connectivity index is 1.58. The maximum atomic E-state index is 3.92. The van der Waals surface area contributed by atoms with Crippen molar-refractivity contribution in [1.82, 2.24) is 10.2 Å². The number of rotatable bonds is 3. The van der Waals surface area contributed by atoms with Crippen molar-refractivity contribution in [2.45, 2.75) is 51.1 Å². The van der Waals surface area contributed by atoms with Crippen molar-refractivity contribution in [1.29, 1.82) is 0 Å². The third-order valence-electron chi connectivity index (χ3n) is 4.82. The molecule has 1 heterocycles. The lowest BCUT2D eigenvalue weighted by atomic mass is 9.87. The summed E-state index contributed by atoms with van der Waals surface area (Å²) >= 11 is 3.58. The molecule has 1 aromatic rings. The highest BCUT2D eigenvalue weighted by Crippen LogP contribution is 2.25. The topological polar surface area (TPSA) is 15.3 Å². The highest BCUT2D eigenvalue weighted by molar-refractivity contribution is 9.10. The largest absolute Gasteiger partial charge is 0.310 e. The van der Waals surface area contributed by atoms with Gasteiger partial charge in [0.1, 0.15) is 0 Å². The number of likely N-dealkylation sites (tertiary alicyclic amines) is 1. The minimum absolute atomic E-state index is 0.672. The molecule has 2 unspecified atom stereocenters. The Kier molecular flexibility index (Phi) is 4.79. The first-order valence-corrected chi connectivity index (χ1v) is 8.79. The van der Waals surface area contributed by atoms with Crippen LogP contribution in [-0.2, 0) is 12.8 Å². The first kappa shape index (κ1) is 14.6. The molecule has 1 aromatic carbocycles. The van der Waals surface area contributed by atoms with E-state index in [0.29, 0.717) is 12.1 Å². The molecule has 1 fully saturated rings. The van der Waals surface area contributed by atoms with Crippen molar-refractivity contribution < 1.29 is 0 Å². The zero-order valence-corrected chi connectivity index (χ0v) is 14.0. The minimum Gasteiger partial charge on any atom is -0.310 e. The van der Waals surface area contributed by atoms with Crippen LogP contribution in [0.3, 0.4) is 0 Å². The molecule has 2 atom stereocenters. The van der Waals surface area contributed by atoms with Crippen molar-refractivity contribution in [3.63, 3.8) is 0 Å².